The molecule has 1 N–H and O–H groups in total. The van der Waals surface area contributed by atoms with Crippen LogP contribution in [0.4, 0.5) is 13.2 Å². The van der Waals surface area contributed by atoms with Crippen molar-refractivity contribution in [3.05, 3.63) is 35.4 Å². The van der Waals surface area contributed by atoms with Crippen LogP contribution in [0.3, 0.4) is 0 Å². The standard InChI is InChI=1S/C13H16F3NO/c1-11(2)8-18-12(3,17-11)9-4-6-10(7-5-9)13(14,15)16/h4-7,17H,8H2,1-3H3. The molecular weight excluding hydrogens is 243 g/mol. The summed E-state index contributed by atoms with van der Waals surface area (Å²) in [5.41, 5.74) is -0.862. The summed E-state index contributed by atoms with van der Waals surface area (Å²) in [4.78, 5) is 0. The first-order valence-electron chi connectivity index (χ1n) is 5.73. The SMILES string of the molecule is CC1(C)COC(C)(c2ccc(C(F)(F)F)cc2)N1. The predicted octanol–water partition coefficient (Wildman–Crippen LogP) is 3.28. The first kappa shape index (κ1) is 13.4. The number of nitrogens with one attached hydrogen (secondary N) is 1. The molecule has 0 amide bonds. The maximum atomic E-state index is 12.5. The van der Waals surface area contributed by atoms with Gasteiger partial charge in [0.25, 0.3) is 0 Å². The average Bonchev–Trinajstić information content (AvgIpc) is 2.53. The molecule has 2 nitrogen and oxygen atoms in total. The molecule has 0 radical (unpaired) electrons. The second-order valence-electron chi connectivity index (χ2n) is 5.41. The zero-order valence-electron chi connectivity index (χ0n) is 10.6. The molecule has 1 unspecified atom stereocenters. The molecule has 1 atom stereocenters. The molecule has 5 heteroatoms. The highest BCUT2D eigenvalue weighted by Crippen LogP contribution is 2.34. The second-order valence-corrected chi connectivity index (χ2v) is 5.41. The summed E-state index contributed by atoms with van der Waals surface area (Å²) in [5.74, 6) is 0. The highest BCUT2D eigenvalue weighted by molar-refractivity contribution is 5.29. The van der Waals surface area contributed by atoms with Crippen molar-refractivity contribution in [1.82, 2.24) is 5.32 Å². The van der Waals surface area contributed by atoms with Crippen LogP contribution in [0.1, 0.15) is 31.9 Å². The molecule has 0 spiro atoms. The van der Waals surface area contributed by atoms with Gasteiger partial charge in [0.2, 0.25) is 0 Å². The van der Waals surface area contributed by atoms with Gasteiger partial charge >= 0.3 is 6.18 Å². The van der Waals surface area contributed by atoms with Gasteiger partial charge in [-0.05, 0) is 38.5 Å². The number of rotatable bonds is 1. The molecule has 1 saturated heterocycles. The number of benzene rings is 1. The summed E-state index contributed by atoms with van der Waals surface area (Å²) in [5, 5.41) is 3.28. The topological polar surface area (TPSA) is 21.3 Å². The van der Waals surface area contributed by atoms with Gasteiger partial charge in [0.05, 0.1) is 12.2 Å². The van der Waals surface area contributed by atoms with Crippen molar-refractivity contribution in [2.75, 3.05) is 6.61 Å². The van der Waals surface area contributed by atoms with E-state index in [0.29, 0.717) is 12.2 Å². The van der Waals surface area contributed by atoms with Crippen molar-refractivity contribution in [3.63, 3.8) is 0 Å². The van der Waals surface area contributed by atoms with Crippen molar-refractivity contribution in [2.24, 2.45) is 0 Å². The lowest BCUT2D eigenvalue weighted by molar-refractivity contribution is -0.137. The van der Waals surface area contributed by atoms with Crippen LogP contribution in [0, 0.1) is 0 Å². The van der Waals surface area contributed by atoms with Gasteiger partial charge in [-0.1, -0.05) is 12.1 Å². The molecule has 0 saturated carbocycles. The van der Waals surface area contributed by atoms with Crippen LogP contribution in [0.2, 0.25) is 0 Å². The summed E-state index contributed by atoms with van der Waals surface area (Å²) in [7, 11) is 0. The largest absolute Gasteiger partial charge is 0.416 e. The fraction of sp³-hybridized carbons (Fsp3) is 0.538. The lowest BCUT2D eigenvalue weighted by Crippen LogP contribution is -2.44. The average molecular weight is 259 g/mol. The van der Waals surface area contributed by atoms with Crippen molar-refractivity contribution < 1.29 is 17.9 Å². The lowest BCUT2D eigenvalue weighted by Gasteiger charge is -2.27. The van der Waals surface area contributed by atoms with Gasteiger partial charge in [0.1, 0.15) is 5.72 Å². The molecule has 1 heterocycles. The Morgan fingerprint density at radius 3 is 2.06 bits per heavy atom. The van der Waals surface area contributed by atoms with Crippen molar-refractivity contribution in [1.29, 1.82) is 0 Å². The molecule has 1 aliphatic heterocycles. The molecule has 0 aliphatic carbocycles. The minimum Gasteiger partial charge on any atom is -0.355 e. The lowest BCUT2D eigenvalue weighted by atomic mass is 10.0. The van der Waals surface area contributed by atoms with E-state index >= 15 is 0 Å². The molecule has 1 aromatic carbocycles. The Bertz CT molecular complexity index is 439. The van der Waals surface area contributed by atoms with Gasteiger partial charge in [-0.2, -0.15) is 13.2 Å². The Hall–Kier alpha value is -1.07. The zero-order chi connectivity index (χ0) is 13.6. The van der Waals surface area contributed by atoms with Gasteiger partial charge < -0.3 is 4.74 Å². The molecular formula is C13H16F3NO. The number of hydrogen-bond donors (Lipinski definition) is 1. The smallest absolute Gasteiger partial charge is 0.355 e. The second kappa shape index (κ2) is 3.96. The molecule has 18 heavy (non-hydrogen) atoms. The van der Waals surface area contributed by atoms with E-state index in [-0.39, 0.29) is 5.54 Å². The zero-order valence-corrected chi connectivity index (χ0v) is 10.6. The predicted molar refractivity (Wildman–Crippen MR) is 62.0 cm³/mol. The Balaban J connectivity index is 2.26. The van der Waals surface area contributed by atoms with E-state index in [9.17, 15) is 13.2 Å². The molecule has 2 rings (SSSR count). The molecule has 0 aromatic heterocycles. The monoisotopic (exact) mass is 259 g/mol. The van der Waals surface area contributed by atoms with E-state index in [1.165, 1.54) is 12.1 Å². The maximum absolute atomic E-state index is 12.5. The van der Waals surface area contributed by atoms with Crippen LogP contribution < -0.4 is 5.32 Å². The third kappa shape index (κ3) is 2.52. The van der Waals surface area contributed by atoms with Gasteiger partial charge in [0, 0.05) is 5.54 Å². The molecule has 1 fully saturated rings. The summed E-state index contributed by atoms with van der Waals surface area (Å²) >= 11 is 0. The molecule has 1 aromatic rings. The van der Waals surface area contributed by atoms with E-state index in [1.54, 1.807) is 0 Å². The number of ether oxygens (including phenoxy) is 1. The number of halogens is 3. The Morgan fingerprint density at radius 1 is 1.11 bits per heavy atom. The molecule has 0 bridgehead atoms. The number of hydrogen-bond acceptors (Lipinski definition) is 2. The molecule has 100 valence electrons. The van der Waals surface area contributed by atoms with Crippen molar-refractivity contribution in [2.45, 2.75) is 38.2 Å². The third-order valence-corrected chi connectivity index (χ3v) is 3.06. The minimum atomic E-state index is -4.30. The highest BCUT2D eigenvalue weighted by Gasteiger charge is 2.41. The van der Waals surface area contributed by atoms with Crippen molar-refractivity contribution >= 4 is 0 Å². The van der Waals surface area contributed by atoms with Gasteiger partial charge in [-0.25, -0.2) is 0 Å². The van der Waals surface area contributed by atoms with Gasteiger partial charge in [-0.3, -0.25) is 5.32 Å². The van der Waals surface area contributed by atoms with Crippen LogP contribution >= 0.6 is 0 Å². The summed E-state index contributed by atoms with van der Waals surface area (Å²) in [6.45, 7) is 6.32. The fourth-order valence-electron chi connectivity index (χ4n) is 2.18. The molecule has 1 aliphatic rings. The van der Waals surface area contributed by atoms with E-state index in [2.05, 4.69) is 5.32 Å². The number of alkyl halides is 3. The Morgan fingerprint density at radius 2 is 1.67 bits per heavy atom. The van der Waals surface area contributed by atoms with E-state index in [0.717, 1.165) is 12.1 Å². The maximum Gasteiger partial charge on any atom is 0.416 e. The van der Waals surface area contributed by atoms with Crippen LogP contribution in [-0.4, -0.2) is 12.1 Å². The first-order valence-corrected chi connectivity index (χ1v) is 5.73. The van der Waals surface area contributed by atoms with Gasteiger partial charge in [-0.15, -0.1) is 0 Å². The van der Waals surface area contributed by atoms with Crippen LogP contribution in [0.5, 0.6) is 0 Å². The summed E-state index contributed by atoms with van der Waals surface area (Å²) in [6, 6.07) is 5.07. The minimum absolute atomic E-state index is 0.183. The summed E-state index contributed by atoms with van der Waals surface area (Å²) in [6.07, 6.45) is -4.30. The van der Waals surface area contributed by atoms with Crippen LogP contribution in [0.15, 0.2) is 24.3 Å². The van der Waals surface area contributed by atoms with Crippen LogP contribution in [-0.2, 0) is 16.6 Å². The third-order valence-electron chi connectivity index (χ3n) is 3.06. The quantitative estimate of drug-likeness (QED) is 0.835. The van der Waals surface area contributed by atoms with Crippen LogP contribution in [0.25, 0.3) is 0 Å². The van der Waals surface area contributed by atoms with Crippen molar-refractivity contribution in [3.8, 4) is 0 Å². The van der Waals surface area contributed by atoms with E-state index in [1.807, 2.05) is 20.8 Å². The Kier molecular flexibility index (Phi) is 2.94. The van der Waals surface area contributed by atoms with E-state index in [4.69, 9.17) is 4.74 Å². The normalized spacial score (nSPS) is 27.4. The Labute approximate surface area is 104 Å². The fourth-order valence-corrected chi connectivity index (χ4v) is 2.18. The highest BCUT2D eigenvalue weighted by atomic mass is 19.4. The first-order chi connectivity index (χ1) is 8.12. The summed E-state index contributed by atoms with van der Waals surface area (Å²) < 4.78 is 43.1. The van der Waals surface area contributed by atoms with Gasteiger partial charge in [0.15, 0.2) is 0 Å². The van der Waals surface area contributed by atoms with E-state index < -0.39 is 17.5 Å².